The van der Waals surface area contributed by atoms with E-state index in [2.05, 4.69) is 0 Å². The number of carbonyl (C=O) groups excluding carboxylic acids is 2. The maximum atomic E-state index is 12.9. The van der Waals surface area contributed by atoms with Gasteiger partial charge >= 0.3 is 6.18 Å². The second-order valence-corrected chi connectivity index (χ2v) is 8.02. The zero-order valence-electron chi connectivity index (χ0n) is 16.6. The molecule has 2 heterocycles. The first-order valence-corrected chi connectivity index (χ1v) is 9.16. The molecule has 0 aromatic heterocycles. The number of rotatable bonds is 4. The van der Waals surface area contributed by atoms with Gasteiger partial charge in [-0.25, -0.2) is 0 Å². The van der Waals surface area contributed by atoms with Crippen LogP contribution in [0.2, 0.25) is 0 Å². The Labute approximate surface area is 163 Å². The lowest BCUT2D eigenvalue weighted by molar-refractivity contribution is -0.137. The molecule has 2 fully saturated rings. The van der Waals surface area contributed by atoms with Crippen LogP contribution in [-0.2, 0) is 15.7 Å². The number of alkyl halides is 3. The van der Waals surface area contributed by atoms with Crippen molar-refractivity contribution in [2.75, 3.05) is 31.6 Å². The molecule has 156 valence electrons. The van der Waals surface area contributed by atoms with E-state index < -0.39 is 11.7 Å². The summed E-state index contributed by atoms with van der Waals surface area (Å²) in [5, 5.41) is 0. The van der Waals surface area contributed by atoms with E-state index in [0.29, 0.717) is 31.6 Å². The van der Waals surface area contributed by atoms with E-state index in [1.807, 2.05) is 30.6 Å². The van der Waals surface area contributed by atoms with Crippen molar-refractivity contribution in [1.29, 1.82) is 0 Å². The fourth-order valence-electron chi connectivity index (χ4n) is 3.43. The van der Waals surface area contributed by atoms with Crippen LogP contribution in [0, 0.1) is 0 Å². The molecule has 0 radical (unpaired) electrons. The Morgan fingerprint density at radius 2 is 1.79 bits per heavy atom. The fraction of sp³-hybridized carbons (Fsp3) is 0.600. The SMILES string of the molecule is COC(C)(C)C.O=CCN1CC2CC1CN2c1cc(C(F)(F)F)ccc1C=O. The molecule has 8 heteroatoms. The summed E-state index contributed by atoms with van der Waals surface area (Å²) in [7, 11) is 1.71. The molecule has 2 aliphatic heterocycles. The number of benzene rings is 1. The van der Waals surface area contributed by atoms with Gasteiger partial charge in [0.25, 0.3) is 0 Å². The molecule has 1 aromatic carbocycles. The van der Waals surface area contributed by atoms with Crippen LogP contribution in [0.5, 0.6) is 0 Å². The molecule has 0 N–H and O–H groups in total. The summed E-state index contributed by atoms with van der Waals surface area (Å²) in [5.41, 5.74) is -0.105. The first-order valence-electron chi connectivity index (χ1n) is 9.16. The molecular formula is C20H27F3N2O3. The quantitative estimate of drug-likeness (QED) is 0.725. The minimum atomic E-state index is -4.43. The molecule has 2 saturated heterocycles. The fourth-order valence-corrected chi connectivity index (χ4v) is 3.43. The first-order chi connectivity index (χ1) is 13.0. The molecule has 3 rings (SSSR count). The summed E-state index contributed by atoms with van der Waals surface area (Å²) in [6.45, 7) is 7.59. The Bertz CT molecular complexity index is 701. The molecule has 0 saturated carbocycles. The predicted octanol–water partition coefficient (Wildman–Crippen LogP) is 3.41. The lowest BCUT2D eigenvalue weighted by Crippen LogP contribution is -2.47. The number of piperazine rings is 1. The maximum absolute atomic E-state index is 12.9. The number of hydrogen-bond acceptors (Lipinski definition) is 5. The number of nitrogens with zero attached hydrogens (tertiary/aromatic N) is 2. The van der Waals surface area contributed by atoms with Gasteiger partial charge in [0.15, 0.2) is 6.29 Å². The van der Waals surface area contributed by atoms with Gasteiger partial charge in [-0.2, -0.15) is 13.2 Å². The lowest BCUT2D eigenvalue weighted by Gasteiger charge is -2.35. The minimum absolute atomic E-state index is 0.0417. The van der Waals surface area contributed by atoms with Crippen molar-refractivity contribution in [3.8, 4) is 0 Å². The standard InChI is InChI=1S/C15H15F3N2O2.C5H12O/c16-15(17,18)11-2-1-10(9-22)14(5-11)20-8-12-6-13(20)7-19(12)3-4-21;1-5(2,3)6-4/h1-2,4-5,9,12-13H,3,6-8H2;1-4H3. The maximum Gasteiger partial charge on any atom is 0.416 e. The summed E-state index contributed by atoms with van der Waals surface area (Å²) >= 11 is 0. The van der Waals surface area contributed by atoms with E-state index in [1.54, 1.807) is 7.11 Å². The van der Waals surface area contributed by atoms with Gasteiger partial charge in [-0.05, 0) is 45.4 Å². The van der Waals surface area contributed by atoms with Gasteiger partial charge in [0.05, 0.1) is 17.7 Å². The lowest BCUT2D eigenvalue weighted by atomic mass is 10.1. The number of fused-ring (bicyclic) bond motifs is 2. The van der Waals surface area contributed by atoms with Crippen molar-refractivity contribution >= 4 is 18.3 Å². The molecule has 2 bridgehead atoms. The third-order valence-electron chi connectivity index (χ3n) is 5.07. The predicted molar refractivity (Wildman–Crippen MR) is 101 cm³/mol. The van der Waals surface area contributed by atoms with Gasteiger partial charge in [-0.3, -0.25) is 9.69 Å². The number of likely N-dealkylation sites (tertiary alicyclic amines) is 1. The van der Waals surface area contributed by atoms with Gasteiger partial charge in [-0.1, -0.05) is 0 Å². The molecule has 0 aliphatic carbocycles. The van der Waals surface area contributed by atoms with E-state index in [9.17, 15) is 22.8 Å². The van der Waals surface area contributed by atoms with Gasteiger partial charge in [0.1, 0.15) is 6.29 Å². The summed E-state index contributed by atoms with van der Waals surface area (Å²) < 4.78 is 43.6. The summed E-state index contributed by atoms with van der Waals surface area (Å²) in [5.74, 6) is 0. The van der Waals surface area contributed by atoms with E-state index in [0.717, 1.165) is 24.8 Å². The van der Waals surface area contributed by atoms with Gasteiger partial charge in [0.2, 0.25) is 0 Å². The third-order valence-corrected chi connectivity index (χ3v) is 5.07. The van der Waals surface area contributed by atoms with Crippen LogP contribution >= 0.6 is 0 Å². The summed E-state index contributed by atoms with van der Waals surface area (Å²) in [6.07, 6.45) is -2.20. The van der Waals surface area contributed by atoms with Crippen LogP contribution in [0.3, 0.4) is 0 Å². The molecular weight excluding hydrogens is 373 g/mol. The molecule has 2 unspecified atom stereocenters. The Balaban J connectivity index is 0.000000409. The van der Waals surface area contributed by atoms with Crippen LogP contribution < -0.4 is 4.90 Å². The molecule has 28 heavy (non-hydrogen) atoms. The molecule has 2 atom stereocenters. The van der Waals surface area contributed by atoms with Crippen molar-refractivity contribution in [2.24, 2.45) is 0 Å². The van der Waals surface area contributed by atoms with E-state index >= 15 is 0 Å². The number of aldehydes is 2. The molecule has 0 spiro atoms. The zero-order valence-corrected chi connectivity index (χ0v) is 16.6. The van der Waals surface area contributed by atoms with Crippen LogP contribution in [0.25, 0.3) is 0 Å². The van der Waals surface area contributed by atoms with E-state index in [4.69, 9.17) is 4.74 Å². The second kappa shape index (κ2) is 8.61. The topological polar surface area (TPSA) is 49.9 Å². The van der Waals surface area contributed by atoms with Crippen molar-refractivity contribution in [1.82, 2.24) is 4.90 Å². The van der Waals surface area contributed by atoms with Crippen LogP contribution in [0.1, 0.15) is 43.1 Å². The number of carbonyl (C=O) groups is 2. The Hall–Kier alpha value is -1.93. The highest BCUT2D eigenvalue weighted by molar-refractivity contribution is 5.85. The zero-order chi connectivity index (χ0) is 21.1. The number of hydrogen-bond donors (Lipinski definition) is 0. The van der Waals surface area contributed by atoms with E-state index in [1.165, 1.54) is 6.07 Å². The van der Waals surface area contributed by atoms with Crippen molar-refractivity contribution in [3.63, 3.8) is 0 Å². The summed E-state index contributed by atoms with van der Waals surface area (Å²) in [4.78, 5) is 25.7. The Morgan fingerprint density at radius 1 is 1.14 bits per heavy atom. The van der Waals surface area contributed by atoms with Crippen molar-refractivity contribution < 1.29 is 27.5 Å². The second-order valence-electron chi connectivity index (χ2n) is 8.02. The van der Waals surface area contributed by atoms with Crippen LogP contribution in [-0.4, -0.2) is 61.9 Å². The van der Waals surface area contributed by atoms with Crippen molar-refractivity contribution in [3.05, 3.63) is 29.3 Å². The average molecular weight is 400 g/mol. The van der Waals surface area contributed by atoms with Crippen LogP contribution in [0.15, 0.2) is 18.2 Å². The monoisotopic (exact) mass is 400 g/mol. The van der Waals surface area contributed by atoms with Crippen molar-refractivity contribution in [2.45, 2.75) is 51.1 Å². The van der Waals surface area contributed by atoms with Crippen LogP contribution in [0.4, 0.5) is 18.9 Å². The Kier molecular flexibility index (Phi) is 6.88. The highest BCUT2D eigenvalue weighted by atomic mass is 19.4. The van der Waals surface area contributed by atoms with Gasteiger partial charge < -0.3 is 14.4 Å². The first kappa shape index (κ1) is 22.4. The van der Waals surface area contributed by atoms with Gasteiger partial charge in [0, 0.05) is 43.5 Å². The molecule has 0 amide bonds. The largest absolute Gasteiger partial charge is 0.416 e. The molecule has 2 aliphatic rings. The number of ether oxygens (including phenoxy) is 1. The number of anilines is 1. The number of halogens is 3. The highest BCUT2D eigenvalue weighted by Crippen LogP contribution is 2.38. The Morgan fingerprint density at radius 3 is 2.21 bits per heavy atom. The third kappa shape index (κ3) is 5.32. The highest BCUT2D eigenvalue weighted by Gasteiger charge is 2.44. The molecule has 5 nitrogen and oxygen atoms in total. The summed E-state index contributed by atoms with van der Waals surface area (Å²) in [6, 6.07) is 3.41. The average Bonchev–Trinajstić information content (AvgIpc) is 3.21. The normalized spacial score (nSPS) is 22.0. The van der Waals surface area contributed by atoms with Gasteiger partial charge in [-0.15, -0.1) is 0 Å². The number of methoxy groups -OCH3 is 1. The smallest absolute Gasteiger partial charge is 0.379 e. The molecule has 1 aromatic rings. The van der Waals surface area contributed by atoms with E-state index in [-0.39, 0.29) is 23.2 Å². The minimum Gasteiger partial charge on any atom is -0.379 e.